The number of aromatic nitrogens is 4. The molecule has 2 aromatic rings. The number of amides is 1. The van der Waals surface area contributed by atoms with Gasteiger partial charge in [0.15, 0.2) is 0 Å². The Bertz CT molecular complexity index is 647. The van der Waals surface area contributed by atoms with Crippen LogP contribution in [0.5, 0.6) is 0 Å². The highest BCUT2D eigenvalue weighted by Gasteiger charge is 2.36. The SMILES string of the molecule is Cn1ccnc1C(NC(=O)c1ccn(C(F)F)n1)C1CC1. The van der Waals surface area contributed by atoms with Crippen molar-refractivity contribution in [1.82, 2.24) is 24.6 Å². The minimum atomic E-state index is -2.75. The molecule has 1 saturated carbocycles. The van der Waals surface area contributed by atoms with Crippen molar-refractivity contribution < 1.29 is 13.6 Å². The number of halogens is 2. The van der Waals surface area contributed by atoms with E-state index in [1.165, 1.54) is 6.07 Å². The molecule has 0 spiro atoms. The highest BCUT2D eigenvalue weighted by Crippen LogP contribution is 2.40. The summed E-state index contributed by atoms with van der Waals surface area (Å²) in [6, 6.07) is 1.07. The second-order valence-corrected chi connectivity index (χ2v) is 5.14. The van der Waals surface area contributed by atoms with Crippen LogP contribution in [0.15, 0.2) is 24.7 Å². The first-order valence-electron chi connectivity index (χ1n) is 6.67. The molecule has 1 atom stereocenters. The molecule has 21 heavy (non-hydrogen) atoms. The molecule has 0 bridgehead atoms. The van der Waals surface area contributed by atoms with E-state index >= 15 is 0 Å². The molecule has 1 fully saturated rings. The summed E-state index contributed by atoms with van der Waals surface area (Å²) in [7, 11) is 1.86. The van der Waals surface area contributed by atoms with E-state index in [9.17, 15) is 13.6 Å². The molecule has 1 amide bonds. The van der Waals surface area contributed by atoms with Crippen molar-refractivity contribution in [2.45, 2.75) is 25.4 Å². The van der Waals surface area contributed by atoms with Crippen LogP contribution in [0.2, 0.25) is 0 Å². The third-order valence-corrected chi connectivity index (χ3v) is 3.56. The molecule has 6 nitrogen and oxygen atoms in total. The lowest BCUT2D eigenvalue weighted by molar-refractivity contribution is 0.0559. The maximum Gasteiger partial charge on any atom is 0.333 e. The molecule has 112 valence electrons. The molecule has 1 N–H and O–H groups in total. The van der Waals surface area contributed by atoms with Crippen LogP contribution >= 0.6 is 0 Å². The largest absolute Gasteiger partial charge is 0.340 e. The topological polar surface area (TPSA) is 64.7 Å². The quantitative estimate of drug-likeness (QED) is 0.916. The molecule has 1 aliphatic carbocycles. The Morgan fingerprint density at radius 2 is 2.19 bits per heavy atom. The highest BCUT2D eigenvalue weighted by atomic mass is 19.3. The fraction of sp³-hybridized carbons (Fsp3) is 0.462. The summed E-state index contributed by atoms with van der Waals surface area (Å²) in [6.07, 6.45) is 6.60. The van der Waals surface area contributed by atoms with Gasteiger partial charge in [0.05, 0.1) is 6.04 Å². The maximum absolute atomic E-state index is 12.5. The van der Waals surface area contributed by atoms with Crippen LogP contribution in [0, 0.1) is 5.92 Å². The van der Waals surface area contributed by atoms with E-state index in [0.29, 0.717) is 10.6 Å². The van der Waals surface area contributed by atoms with Gasteiger partial charge >= 0.3 is 6.55 Å². The number of carbonyl (C=O) groups excluding carboxylic acids is 1. The van der Waals surface area contributed by atoms with Crippen LogP contribution in [-0.4, -0.2) is 25.2 Å². The molecule has 0 radical (unpaired) electrons. The van der Waals surface area contributed by atoms with Gasteiger partial charge in [-0.3, -0.25) is 4.79 Å². The van der Waals surface area contributed by atoms with Crippen LogP contribution in [0.4, 0.5) is 8.78 Å². The summed E-state index contributed by atoms with van der Waals surface area (Å²) >= 11 is 0. The molecule has 2 heterocycles. The fourth-order valence-electron chi connectivity index (χ4n) is 2.28. The molecule has 2 aromatic heterocycles. The smallest absolute Gasteiger partial charge is 0.333 e. The van der Waals surface area contributed by atoms with E-state index in [2.05, 4.69) is 15.4 Å². The Morgan fingerprint density at radius 1 is 1.43 bits per heavy atom. The van der Waals surface area contributed by atoms with Crippen molar-refractivity contribution in [2.24, 2.45) is 13.0 Å². The zero-order valence-electron chi connectivity index (χ0n) is 11.4. The van der Waals surface area contributed by atoms with Crippen LogP contribution in [-0.2, 0) is 7.05 Å². The van der Waals surface area contributed by atoms with Gasteiger partial charge in [-0.15, -0.1) is 0 Å². The summed E-state index contributed by atoms with van der Waals surface area (Å²) in [5.74, 6) is 0.640. The first-order valence-corrected chi connectivity index (χ1v) is 6.67. The molecule has 1 unspecified atom stereocenters. The van der Waals surface area contributed by atoms with Crippen LogP contribution in [0.3, 0.4) is 0 Å². The van der Waals surface area contributed by atoms with Gasteiger partial charge in [0.1, 0.15) is 11.5 Å². The van der Waals surface area contributed by atoms with Gasteiger partial charge in [-0.25, -0.2) is 9.67 Å². The number of carbonyl (C=O) groups is 1. The summed E-state index contributed by atoms with van der Waals surface area (Å²) in [4.78, 5) is 16.4. The zero-order chi connectivity index (χ0) is 15.0. The number of hydrogen-bond donors (Lipinski definition) is 1. The van der Waals surface area contributed by atoms with Crippen LogP contribution < -0.4 is 5.32 Å². The maximum atomic E-state index is 12.5. The first kappa shape index (κ1) is 13.7. The molecular weight excluding hydrogens is 280 g/mol. The summed E-state index contributed by atoms with van der Waals surface area (Å²) in [5, 5.41) is 6.42. The number of nitrogens with one attached hydrogen (secondary N) is 1. The molecule has 0 aromatic carbocycles. The minimum Gasteiger partial charge on any atom is -0.340 e. The highest BCUT2D eigenvalue weighted by molar-refractivity contribution is 5.92. The number of imidazole rings is 1. The lowest BCUT2D eigenvalue weighted by atomic mass is 10.1. The monoisotopic (exact) mass is 295 g/mol. The Labute approximate surface area is 119 Å². The van der Waals surface area contributed by atoms with Gasteiger partial charge in [0.2, 0.25) is 0 Å². The van der Waals surface area contributed by atoms with Gasteiger partial charge in [0, 0.05) is 25.6 Å². The van der Waals surface area contributed by atoms with E-state index in [0.717, 1.165) is 24.9 Å². The standard InChI is InChI=1S/C13H15F2N5O/c1-19-7-5-16-11(19)10(8-2-3-8)17-12(21)9-4-6-20(18-9)13(14)15/h4-8,10,13H,2-3H2,1H3,(H,17,21). The Morgan fingerprint density at radius 3 is 2.71 bits per heavy atom. The number of rotatable bonds is 5. The summed E-state index contributed by atoms with van der Waals surface area (Å²) in [6.45, 7) is -2.75. The Kier molecular flexibility index (Phi) is 3.44. The van der Waals surface area contributed by atoms with Crippen LogP contribution in [0.1, 0.15) is 41.7 Å². The van der Waals surface area contributed by atoms with Gasteiger partial charge in [-0.2, -0.15) is 13.9 Å². The van der Waals surface area contributed by atoms with E-state index in [-0.39, 0.29) is 11.7 Å². The first-order chi connectivity index (χ1) is 10.1. The number of hydrogen-bond acceptors (Lipinski definition) is 3. The molecule has 8 heteroatoms. The van der Waals surface area contributed by atoms with Crippen molar-refractivity contribution >= 4 is 5.91 Å². The van der Waals surface area contributed by atoms with Crippen molar-refractivity contribution in [1.29, 1.82) is 0 Å². The van der Waals surface area contributed by atoms with Crippen molar-refractivity contribution in [3.05, 3.63) is 36.2 Å². The molecule has 3 rings (SSSR count). The molecule has 0 saturated heterocycles. The normalized spacial score (nSPS) is 16.2. The molecule has 0 aliphatic heterocycles. The summed E-state index contributed by atoms with van der Waals surface area (Å²) < 4.78 is 27.3. The van der Waals surface area contributed by atoms with Crippen LogP contribution in [0.25, 0.3) is 0 Å². The number of aryl methyl sites for hydroxylation is 1. The second kappa shape index (κ2) is 5.27. The number of nitrogens with zero attached hydrogens (tertiary/aromatic N) is 4. The van der Waals surface area contributed by atoms with E-state index in [1.807, 2.05) is 17.8 Å². The summed E-state index contributed by atoms with van der Waals surface area (Å²) in [5.41, 5.74) is -0.0184. The lowest BCUT2D eigenvalue weighted by Gasteiger charge is -2.17. The van der Waals surface area contributed by atoms with Crippen molar-refractivity contribution in [3.8, 4) is 0 Å². The van der Waals surface area contributed by atoms with Gasteiger partial charge in [-0.05, 0) is 24.8 Å². The van der Waals surface area contributed by atoms with Gasteiger partial charge < -0.3 is 9.88 Å². The predicted molar refractivity (Wildman–Crippen MR) is 69.6 cm³/mol. The number of alkyl halides is 2. The van der Waals surface area contributed by atoms with E-state index in [4.69, 9.17) is 0 Å². The van der Waals surface area contributed by atoms with Gasteiger partial charge in [0.25, 0.3) is 5.91 Å². The Hall–Kier alpha value is -2.25. The third kappa shape index (κ3) is 2.79. The minimum absolute atomic E-state index is 0.0184. The average molecular weight is 295 g/mol. The van der Waals surface area contributed by atoms with Crippen molar-refractivity contribution in [2.75, 3.05) is 0 Å². The van der Waals surface area contributed by atoms with E-state index < -0.39 is 12.5 Å². The van der Waals surface area contributed by atoms with Crippen molar-refractivity contribution in [3.63, 3.8) is 0 Å². The average Bonchev–Trinajstić information content (AvgIpc) is 2.99. The molecule has 1 aliphatic rings. The molecular formula is C13H15F2N5O. The lowest BCUT2D eigenvalue weighted by Crippen LogP contribution is -2.32. The third-order valence-electron chi connectivity index (χ3n) is 3.56. The van der Waals surface area contributed by atoms with E-state index in [1.54, 1.807) is 6.20 Å². The fourth-order valence-corrected chi connectivity index (χ4v) is 2.28. The Balaban J connectivity index is 1.76. The zero-order valence-corrected chi connectivity index (χ0v) is 11.4. The van der Waals surface area contributed by atoms with Gasteiger partial charge in [-0.1, -0.05) is 0 Å². The second-order valence-electron chi connectivity index (χ2n) is 5.14. The predicted octanol–water partition coefficient (Wildman–Crippen LogP) is 1.89.